The van der Waals surface area contributed by atoms with E-state index in [2.05, 4.69) is 16.4 Å². The summed E-state index contributed by atoms with van der Waals surface area (Å²) in [6.07, 6.45) is -0.328. The topological polar surface area (TPSA) is 145 Å². The molecule has 0 aromatic carbocycles. The van der Waals surface area contributed by atoms with Gasteiger partial charge >= 0.3 is 12.1 Å². The quantitative estimate of drug-likeness (QED) is 0.529. The van der Waals surface area contributed by atoms with Crippen LogP contribution in [0.25, 0.3) is 0 Å². The highest BCUT2D eigenvalue weighted by atomic mass is 19.4. The van der Waals surface area contributed by atoms with Crippen LogP contribution in [0.15, 0.2) is 18.3 Å². The molecule has 1 aromatic rings. The molecular weight excluding hydrogens is 545 g/mol. The lowest BCUT2D eigenvalue weighted by atomic mass is 9.80. The zero-order chi connectivity index (χ0) is 29.6. The standard InChI is InChI=1S/C27H31F3N6O5/c1-35(24(40)25(9-3-2-4-10-25)34-23(39)27(28,29)30)18(12-16-7-8-16)21(37)36-15-26(13-17(36)14-31)22(38)33-20-19(41-26)6-5-11-32-20/h5-6,11,16-18H,2-4,7-10,12-13,15H2,1H3,(H,34,39)(H,32,33,38). The molecule has 2 aliphatic heterocycles. The van der Waals surface area contributed by atoms with E-state index in [-0.39, 0.29) is 44.0 Å². The highest BCUT2D eigenvalue weighted by molar-refractivity contribution is 6.01. The summed E-state index contributed by atoms with van der Waals surface area (Å²) in [5.41, 5.74) is -3.35. The molecule has 3 atom stereocenters. The Kier molecular flexibility index (Phi) is 7.33. The second kappa shape index (κ2) is 10.5. The van der Waals surface area contributed by atoms with Gasteiger partial charge in [-0.2, -0.15) is 18.4 Å². The molecule has 14 heteroatoms. The van der Waals surface area contributed by atoms with Crippen molar-refractivity contribution in [2.24, 2.45) is 5.92 Å². The van der Waals surface area contributed by atoms with Crippen LogP contribution in [-0.2, 0) is 19.2 Å². The Balaban J connectivity index is 1.41. The maximum absolute atomic E-state index is 14.1. The Morgan fingerprint density at radius 3 is 2.63 bits per heavy atom. The second-order valence-corrected chi connectivity index (χ2v) is 11.4. The van der Waals surface area contributed by atoms with Crippen molar-refractivity contribution >= 4 is 29.4 Å². The minimum absolute atomic E-state index is 0.0113. The summed E-state index contributed by atoms with van der Waals surface area (Å²) in [5, 5.41) is 14.6. The number of carbonyl (C=O) groups is 4. The van der Waals surface area contributed by atoms with Gasteiger partial charge < -0.3 is 25.2 Å². The van der Waals surface area contributed by atoms with Crippen LogP contribution < -0.4 is 15.4 Å². The Morgan fingerprint density at radius 2 is 2.00 bits per heavy atom. The third-order valence-corrected chi connectivity index (χ3v) is 8.53. The van der Waals surface area contributed by atoms with Crippen LogP contribution in [0.4, 0.5) is 19.0 Å². The Labute approximate surface area is 234 Å². The van der Waals surface area contributed by atoms with E-state index < -0.39 is 53.0 Å². The number of alkyl halides is 3. The number of likely N-dealkylation sites (tertiary alicyclic amines) is 1. The van der Waals surface area contributed by atoms with Crippen LogP contribution in [0.1, 0.15) is 57.8 Å². The van der Waals surface area contributed by atoms with Gasteiger partial charge in [-0.15, -0.1) is 0 Å². The molecule has 220 valence electrons. The molecule has 4 amide bonds. The van der Waals surface area contributed by atoms with E-state index in [1.165, 1.54) is 18.1 Å². The van der Waals surface area contributed by atoms with Crippen molar-refractivity contribution in [2.45, 2.75) is 87.2 Å². The number of fused-ring (bicyclic) bond motifs is 1. The van der Waals surface area contributed by atoms with E-state index in [1.54, 1.807) is 12.1 Å². The average molecular weight is 577 g/mol. The number of nitrogens with zero attached hydrogens (tertiary/aromatic N) is 4. The third-order valence-electron chi connectivity index (χ3n) is 8.53. The van der Waals surface area contributed by atoms with Gasteiger partial charge in [0.25, 0.3) is 5.91 Å². The van der Waals surface area contributed by atoms with Crippen molar-refractivity contribution in [3.8, 4) is 11.8 Å². The number of nitriles is 1. The largest absolute Gasteiger partial charge is 0.472 e. The molecule has 3 fully saturated rings. The van der Waals surface area contributed by atoms with Gasteiger partial charge in [-0.3, -0.25) is 19.2 Å². The van der Waals surface area contributed by atoms with Gasteiger partial charge in [0.2, 0.25) is 17.4 Å². The minimum atomic E-state index is -5.18. The van der Waals surface area contributed by atoms with Crippen LogP contribution in [0.3, 0.4) is 0 Å². The molecule has 3 heterocycles. The van der Waals surface area contributed by atoms with Crippen LogP contribution in [0.2, 0.25) is 0 Å². The molecule has 4 aliphatic rings. The molecule has 3 unspecified atom stereocenters. The van der Waals surface area contributed by atoms with Gasteiger partial charge in [0, 0.05) is 19.7 Å². The lowest BCUT2D eigenvalue weighted by Crippen LogP contribution is -2.64. The van der Waals surface area contributed by atoms with Crippen molar-refractivity contribution in [1.82, 2.24) is 20.1 Å². The fraction of sp³-hybridized carbons (Fsp3) is 0.630. The van der Waals surface area contributed by atoms with Crippen molar-refractivity contribution in [3.05, 3.63) is 18.3 Å². The minimum Gasteiger partial charge on any atom is -0.472 e. The molecule has 2 N–H and O–H groups in total. The number of ether oxygens (including phenoxy) is 1. The molecule has 1 spiro atoms. The number of aromatic nitrogens is 1. The summed E-state index contributed by atoms with van der Waals surface area (Å²) in [6, 6.07) is 3.13. The Bertz CT molecular complexity index is 1290. The van der Waals surface area contributed by atoms with Gasteiger partial charge in [-0.1, -0.05) is 32.1 Å². The number of likely N-dealkylation sites (N-methyl/N-ethyl adjacent to an activating group) is 1. The fourth-order valence-electron chi connectivity index (χ4n) is 6.10. The number of amides is 4. The molecule has 2 saturated carbocycles. The number of hydrogen-bond donors (Lipinski definition) is 2. The number of rotatable bonds is 6. The molecule has 1 saturated heterocycles. The number of hydrogen-bond acceptors (Lipinski definition) is 7. The number of nitrogens with one attached hydrogen (secondary N) is 2. The maximum Gasteiger partial charge on any atom is 0.471 e. The van der Waals surface area contributed by atoms with E-state index in [4.69, 9.17) is 4.74 Å². The zero-order valence-electron chi connectivity index (χ0n) is 22.5. The summed E-state index contributed by atoms with van der Waals surface area (Å²) in [4.78, 5) is 59.5. The highest BCUT2D eigenvalue weighted by Crippen LogP contribution is 2.41. The van der Waals surface area contributed by atoms with Gasteiger partial charge in [0.05, 0.1) is 12.6 Å². The summed E-state index contributed by atoms with van der Waals surface area (Å²) in [7, 11) is 1.35. The van der Waals surface area contributed by atoms with E-state index in [0.29, 0.717) is 25.0 Å². The SMILES string of the molecule is CN(C(=O)C1(NC(=O)C(F)(F)F)CCCCC1)C(CC1CC1)C(=O)N1CC2(CC1C#N)Oc1cccnc1NC2=O. The van der Waals surface area contributed by atoms with Crippen LogP contribution in [0, 0.1) is 17.2 Å². The lowest BCUT2D eigenvalue weighted by molar-refractivity contribution is -0.178. The predicted octanol–water partition coefficient (Wildman–Crippen LogP) is 2.28. The van der Waals surface area contributed by atoms with Crippen molar-refractivity contribution in [3.63, 3.8) is 0 Å². The van der Waals surface area contributed by atoms with Crippen LogP contribution in [0.5, 0.6) is 5.75 Å². The predicted molar refractivity (Wildman–Crippen MR) is 136 cm³/mol. The molecule has 41 heavy (non-hydrogen) atoms. The first-order valence-corrected chi connectivity index (χ1v) is 13.7. The van der Waals surface area contributed by atoms with E-state index in [9.17, 15) is 37.6 Å². The molecule has 1 aromatic heterocycles. The second-order valence-electron chi connectivity index (χ2n) is 11.4. The average Bonchev–Trinajstić information content (AvgIpc) is 3.69. The molecule has 5 rings (SSSR count). The molecular formula is C27H31F3N6O5. The van der Waals surface area contributed by atoms with Crippen LogP contribution in [-0.4, -0.2) is 81.4 Å². The first kappa shape index (κ1) is 28.6. The summed E-state index contributed by atoms with van der Waals surface area (Å²) in [5.74, 6) is -3.50. The first-order chi connectivity index (χ1) is 19.4. The molecule has 2 aliphatic carbocycles. The zero-order valence-corrected chi connectivity index (χ0v) is 22.5. The van der Waals surface area contributed by atoms with Crippen molar-refractivity contribution in [2.75, 3.05) is 18.9 Å². The number of anilines is 1. The van der Waals surface area contributed by atoms with Gasteiger partial charge in [-0.05, 0) is 37.3 Å². The van der Waals surface area contributed by atoms with Gasteiger partial charge in [-0.25, -0.2) is 4.98 Å². The van der Waals surface area contributed by atoms with Gasteiger partial charge in [0.15, 0.2) is 11.6 Å². The fourth-order valence-corrected chi connectivity index (χ4v) is 6.10. The monoisotopic (exact) mass is 576 g/mol. The number of carbonyl (C=O) groups excluding carboxylic acids is 4. The normalized spacial score (nSPS) is 25.8. The maximum atomic E-state index is 14.1. The number of pyridine rings is 1. The summed E-state index contributed by atoms with van der Waals surface area (Å²) in [6.45, 7) is -0.261. The summed E-state index contributed by atoms with van der Waals surface area (Å²) >= 11 is 0. The van der Waals surface area contributed by atoms with Crippen molar-refractivity contribution < 1.29 is 37.1 Å². The van der Waals surface area contributed by atoms with E-state index >= 15 is 0 Å². The number of halogens is 3. The van der Waals surface area contributed by atoms with Gasteiger partial charge in [0.1, 0.15) is 17.6 Å². The van der Waals surface area contributed by atoms with E-state index in [1.807, 2.05) is 5.32 Å². The first-order valence-electron chi connectivity index (χ1n) is 13.7. The smallest absolute Gasteiger partial charge is 0.471 e. The highest BCUT2D eigenvalue weighted by Gasteiger charge is 2.57. The molecule has 11 nitrogen and oxygen atoms in total. The Hall–Kier alpha value is -3.89. The lowest BCUT2D eigenvalue weighted by Gasteiger charge is -2.42. The molecule has 0 bridgehead atoms. The van der Waals surface area contributed by atoms with Crippen LogP contribution >= 0.6 is 0 Å². The van der Waals surface area contributed by atoms with E-state index in [0.717, 1.165) is 17.7 Å². The molecule has 0 radical (unpaired) electrons. The Morgan fingerprint density at radius 1 is 1.29 bits per heavy atom. The van der Waals surface area contributed by atoms with Crippen molar-refractivity contribution in [1.29, 1.82) is 5.26 Å². The third kappa shape index (κ3) is 5.41. The summed E-state index contributed by atoms with van der Waals surface area (Å²) < 4.78 is 45.7.